The van der Waals surface area contributed by atoms with E-state index >= 15 is 0 Å². The monoisotopic (exact) mass is 198 g/mol. The fourth-order valence-electron chi connectivity index (χ4n) is 3.08. The molecular weight excluding hydrogens is 180 g/mol. The number of fused-ring (bicyclic) bond motifs is 2. The molecule has 0 amide bonds. The van der Waals surface area contributed by atoms with Crippen LogP contribution in [0.2, 0.25) is 5.04 Å². The van der Waals surface area contributed by atoms with Crippen molar-refractivity contribution < 1.29 is 8.85 Å². The first-order valence-electron chi connectivity index (χ1n) is 4.97. The molecule has 74 valence electrons. The van der Waals surface area contributed by atoms with Gasteiger partial charge >= 0.3 is 9.28 Å². The molecule has 2 aliphatic rings. The minimum absolute atomic E-state index is 0.341. The molecular formula is C10H18O2Si. The van der Waals surface area contributed by atoms with E-state index in [4.69, 9.17) is 8.85 Å². The third-order valence-electron chi connectivity index (χ3n) is 3.74. The van der Waals surface area contributed by atoms with Crippen LogP contribution in [0.15, 0.2) is 11.6 Å². The van der Waals surface area contributed by atoms with Crippen LogP contribution < -0.4 is 0 Å². The molecule has 3 heteroatoms. The van der Waals surface area contributed by atoms with Gasteiger partial charge in [-0.2, -0.15) is 0 Å². The van der Waals surface area contributed by atoms with E-state index in [-0.39, 0.29) is 0 Å². The summed E-state index contributed by atoms with van der Waals surface area (Å²) in [5.74, 6) is 0.820. The van der Waals surface area contributed by atoms with Gasteiger partial charge in [0, 0.05) is 19.3 Å². The summed E-state index contributed by atoms with van der Waals surface area (Å²) in [5.41, 5.74) is 1.53. The van der Waals surface area contributed by atoms with Crippen LogP contribution >= 0.6 is 0 Å². The van der Waals surface area contributed by atoms with Crippen LogP contribution in [0.5, 0.6) is 0 Å². The summed E-state index contributed by atoms with van der Waals surface area (Å²) in [4.78, 5) is 0. The zero-order valence-electron chi connectivity index (χ0n) is 8.67. The second-order valence-electron chi connectivity index (χ2n) is 4.31. The Balaban J connectivity index is 2.24. The molecule has 0 aromatic heterocycles. The number of hydrogen-bond donors (Lipinski definition) is 0. The van der Waals surface area contributed by atoms with E-state index in [2.05, 4.69) is 13.0 Å². The lowest BCUT2D eigenvalue weighted by Crippen LogP contribution is -2.35. The molecule has 2 nitrogen and oxygen atoms in total. The maximum absolute atomic E-state index is 5.55. The van der Waals surface area contributed by atoms with Gasteiger partial charge < -0.3 is 8.85 Å². The van der Waals surface area contributed by atoms with Crippen molar-refractivity contribution in [2.24, 2.45) is 5.92 Å². The van der Waals surface area contributed by atoms with Gasteiger partial charge in [-0.25, -0.2) is 0 Å². The van der Waals surface area contributed by atoms with Gasteiger partial charge in [-0.3, -0.25) is 0 Å². The van der Waals surface area contributed by atoms with E-state index in [1.807, 2.05) is 0 Å². The van der Waals surface area contributed by atoms with Crippen LogP contribution in [0.4, 0.5) is 0 Å². The average molecular weight is 198 g/mol. The standard InChI is InChI=1S/C10H18O2Si/c1-8-6-9-4-5-10(8,7-9)13(11-2)12-3/h6,9,13H,4-5,7H2,1-3H3. The Labute approximate surface area is 81.8 Å². The lowest BCUT2D eigenvalue weighted by molar-refractivity contribution is 0.248. The quantitative estimate of drug-likeness (QED) is 0.510. The highest BCUT2D eigenvalue weighted by Gasteiger charge is 2.52. The Morgan fingerprint density at radius 3 is 2.54 bits per heavy atom. The Kier molecular flexibility index (Phi) is 2.34. The summed E-state index contributed by atoms with van der Waals surface area (Å²) < 4.78 is 11.1. The summed E-state index contributed by atoms with van der Waals surface area (Å²) in [6, 6.07) is 0. The molecule has 0 heterocycles. The number of hydrogen-bond acceptors (Lipinski definition) is 2. The molecule has 0 aliphatic heterocycles. The van der Waals surface area contributed by atoms with Gasteiger partial charge in [0.05, 0.1) is 0 Å². The van der Waals surface area contributed by atoms with Crippen molar-refractivity contribution >= 4 is 9.28 Å². The maximum Gasteiger partial charge on any atom is 0.331 e. The molecule has 2 bridgehead atoms. The summed E-state index contributed by atoms with van der Waals surface area (Å²) in [7, 11) is 2.13. The van der Waals surface area contributed by atoms with Gasteiger partial charge in [0.15, 0.2) is 0 Å². The van der Waals surface area contributed by atoms with Crippen molar-refractivity contribution in [1.29, 1.82) is 0 Å². The van der Waals surface area contributed by atoms with Crippen LogP contribution in [-0.4, -0.2) is 23.5 Å². The van der Waals surface area contributed by atoms with Crippen LogP contribution in [0.1, 0.15) is 26.2 Å². The fraction of sp³-hybridized carbons (Fsp3) is 0.800. The average Bonchev–Trinajstić information content (AvgIpc) is 2.64. The largest absolute Gasteiger partial charge is 0.399 e. The van der Waals surface area contributed by atoms with Gasteiger partial charge in [0.1, 0.15) is 0 Å². The smallest absolute Gasteiger partial charge is 0.331 e. The number of allylic oxidation sites excluding steroid dienone is 2. The van der Waals surface area contributed by atoms with Gasteiger partial charge in [-0.05, 0) is 32.1 Å². The first-order chi connectivity index (χ1) is 6.23. The summed E-state index contributed by atoms with van der Waals surface area (Å²) in [5, 5.41) is 0.341. The Morgan fingerprint density at radius 2 is 2.15 bits per heavy atom. The molecule has 0 saturated heterocycles. The third-order valence-corrected chi connectivity index (χ3v) is 6.48. The maximum atomic E-state index is 5.55. The highest BCUT2D eigenvalue weighted by atomic mass is 28.3. The molecule has 2 aliphatic carbocycles. The van der Waals surface area contributed by atoms with Gasteiger partial charge in [0.2, 0.25) is 0 Å². The number of rotatable bonds is 3. The van der Waals surface area contributed by atoms with Gasteiger partial charge in [-0.15, -0.1) is 0 Å². The summed E-state index contributed by atoms with van der Waals surface area (Å²) in [6.45, 7) is 2.25. The van der Waals surface area contributed by atoms with Crippen LogP contribution in [-0.2, 0) is 8.85 Å². The van der Waals surface area contributed by atoms with E-state index in [9.17, 15) is 0 Å². The zero-order valence-corrected chi connectivity index (χ0v) is 9.82. The van der Waals surface area contributed by atoms with Crippen molar-refractivity contribution in [3.05, 3.63) is 11.6 Å². The minimum Gasteiger partial charge on any atom is -0.399 e. The molecule has 2 atom stereocenters. The molecule has 13 heavy (non-hydrogen) atoms. The second-order valence-corrected chi connectivity index (χ2v) is 7.02. The molecule has 1 fully saturated rings. The minimum atomic E-state index is -1.46. The predicted octanol–water partition coefficient (Wildman–Crippen LogP) is 2.00. The van der Waals surface area contributed by atoms with E-state index in [1.165, 1.54) is 24.8 Å². The van der Waals surface area contributed by atoms with Crippen molar-refractivity contribution in [2.45, 2.75) is 31.2 Å². The highest BCUT2D eigenvalue weighted by Crippen LogP contribution is 2.60. The Morgan fingerprint density at radius 1 is 1.46 bits per heavy atom. The predicted molar refractivity (Wildman–Crippen MR) is 55.0 cm³/mol. The van der Waals surface area contributed by atoms with E-state index in [1.54, 1.807) is 14.2 Å². The topological polar surface area (TPSA) is 18.5 Å². The zero-order chi connectivity index (χ0) is 9.47. The first kappa shape index (κ1) is 9.43. The van der Waals surface area contributed by atoms with Crippen molar-refractivity contribution in [3.63, 3.8) is 0 Å². The fourth-order valence-corrected chi connectivity index (χ4v) is 5.54. The molecule has 0 aromatic rings. The van der Waals surface area contributed by atoms with Crippen LogP contribution in [0, 0.1) is 5.92 Å². The Bertz CT molecular complexity index is 235. The molecule has 0 aromatic carbocycles. The lowest BCUT2D eigenvalue weighted by Gasteiger charge is -2.33. The van der Waals surface area contributed by atoms with E-state index < -0.39 is 9.28 Å². The van der Waals surface area contributed by atoms with Crippen molar-refractivity contribution in [2.75, 3.05) is 14.2 Å². The van der Waals surface area contributed by atoms with Crippen LogP contribution in [0.3, 0.4) is 0 Å². The normalized spacial score (nSPS) is 37.2. The molecule has 0 spiro atoms. The summed E-state index contributed by atoms with van der Waals surface area (Å²) >= 11 is 0. The van der Waals surface area contributed by atoms with Gasteiger partial charge in [-0.1, -0.05) is 11.6 Å². The van der Waals surface area contributed by atoms with E-state index in [0.29, 0.717) is 5.04 Å². The first-order valence-corrected chi connectivity index (χ1v) is 6.49. The van der Waals surface area contributed by atoms with Crippen molar-refractivity contribution in [1.82, 2.24) is 0 Å². The van der Waals surface area contributed by atoms with Gasteiger partial charge in [0.25, 0.3) is 0 Å². The van der Waals surface area contributed by atoms with Crippen LogP contribution in [0.25, 0.3) is 0 Å². The molecule has 2 unspecified atom stereocenters. The summed E-state index contributed by atoms with van der Waals surface area (Å²) in [6.07, 6.45) is 6.35. The van der Waals surface area contributed by atoms with Crippen molar-refractivity contribution in [3.8, 4) is 0 Å². The highest BCUT2D eigenvalue weighted by molar-refractivity contribution is 6.50. The molecule has 2 rings (SSSR count). The molecule has 0 N–H and O–H groups in total. The lowest BCUT2D eigenvalue weighted by atomic mass is 9.99. The molecule has 0 radical (unpaired) electrons. The second kappa shape index (κ2) is 3.22. The molecule has 1 saturated carbocycles. The SMILES string of the molecule is CO[SiH](OC)C12CCC(C=C1C)C2. The Hall–Kier alpha value is -0.123. The van der Waals surface area contributed by atoms with E-state index in [0.717, 1.165) is 5.92 Å². The third kappa shape index (κ3) is 1.22.